The Kier molecular flexibility index (Phi) is 6.26. The summed E-state index contributed by atoms with van der Waals surface area (Å²) in [5.41, 5.74) is -0.493. The lowest BCUT2D eigenvalue weighted by molar-refractivity contribution is -0.127. The summed E-state index contributed by atoms with van der Waals surface area (Å²) in [5.74, 6) is -1.05. The predicted molar refractivity (Wildman–Crippen MR) is 128 cm³/mol. The molecule has 34 heavy (non-hydrogen) atoms. The highest BCUT2D eigenvalue weighted by Gasteiger charge is 2.54. The average molecular weight is 457 g/mol. The molecule has 3 N–H and O–H groups in total. The number of hydrogen-bond donors (Lipinski definition) is 3. The van der Waals surface area contributed by atoms with Crippen LogP contribution in [0, 0.1) is 0 Å². The van der Waals surface area contributed by atoms with Gasteiger partial charge in [-0.2, -0.15) is 5.01 Å². The number of amidine groups is 1. The second kappa shape index (κ2) is 9.45. The van der Waals surface area contributed by atoms with Gasteiger partial charge in [-0.05, 0) is 48.5 Å². The molecule has 0 spiro atoms. The maximum absolute atomic E-state index is 13.7. The van der Waals surface area contributed by atoms with Gasteiger partial charge in [0.1, 0.15) is 5.75 Å². The van der Waals surface area contributed by atoms with Gasteiger partial charge in [0.25, 0.3) is 11.6 Å². The Morgan fingerprint density at radius 2 is 1.53 bits per heavy atom. The van der Waals surface area contributed by atoms with Crippen molar-refractivity contribution in [1.82, 2.24) is 10.6 Å². The van der Waals surface area contributed by atoms with E-state index < -0.39 is 23.4 Å². The van der Waals surface area contributed by atoms with Gasteiger partial charge in [-0.25, -0.2) is 0 Å². The molecule has 4 rings (SSSR count). The first-order chi connectivity index (χ1) is 16.4. The van der Waals surface area contributed by atoms with Gasteiger partial charge >= 0.3 is 5.91 Å². The molecule has 1 aliphatic rings. The van der Waals surface area contributed by atoms with Crippen LogP contribution in [0.4, 0.5) is 11.4 Å². The summed E-state index contributed by atoms with van der Waals surface area (Å²) >= 11 is 0. The summed E-state index contributed by atoms with van der Waals surface area (Å²) < 4.78 is 5.14. The molecule has 1 unspecified atom stereocenters. The summed E-state index contributed by atoms with van der Waals surface area (Å²) in [5, 5.41) is 14.0. The number of carbonyl (C=O) groups is 3. The molecule has 172 valence electrons. The van der Waals surface area contributed by atoms with Crippen molar-refractivity contribution in [2.24, 2.45) is 5.10 Å². The second-order valence-corrected chi connectivity index (χ2v) is 7.51. The van der Waals surface area contributed by atoms with Crippen molar-refractivity contribution in [2.45, 2.75) is 12.6 Å². The largest absolute Gasteiger partial charge is 0.497 e. The van der Waals surface area contributed by atoms with Crippen molar-refractivity contribution in [3.05, 3.63) is 90.5 Å². The fourth-order valence-electron chi connectivity index (χ4n) is 3.52. The minimum absolute atomic E-state index is 0.0683. The molecule has 0 fully saturated rings. The molecular weight excluding hydrogens is 434 g/mol. The highest BCUT2D eigenvalue weighted by atomic mass is 16.5. The van der Waals surface area contributed by atoms with Crippen LogP contribution in [0.2, 0.25) is 0 Å². The van der Waals surface area contributed by atoms with E-state index in [1.165, 1.54) is 14.0 Å². The van der Waals surface area contributed by atoms with Gasteiger partial charge in [0.2, 0.25) is 5.91 Å². The quantitative estimate of drug-likeness (QED) is 0.493. The number of carbonyl (C=O) groups excluding carboxylic acids is 3. The Labute approximate surface area is 196 Å². The zero-order valence-electron chi connectivity index (χ0n) is 18.6. The van der Waals surface area contributed by atoms with Crippen LogP contribution in [-0.4, -0.2) is 36.3 Å². The lowest BCUT2D eigenvalue weighted by Gasteiger charge is -2.31. The molecule has 3 aromatic carbocycles. The first-order valence-corrected chi connectivity index (χ1v) is 10.5. The van der Waals surface area contributed by atoms with E-state index in [1.54, 1.807) is 72.8 Å². The molecule has 0 bridgehead atoms. The van der Waals surface area contributed by atoms with Gasteiger partial charge in [-0.15, -0.1) is 5.10 Å². The molecule has 0 aliphatic carbocycles. The molecule has 0 aromatic heterocycles. The number of nitrogens with zero attached hydrogens (tertiary/aromatic N) is 2. The van der Waals surface area contributed by atoms with Crippen LogP contribution in [-0.2, 0) is 9.59 Å². The van der Waals surface area contributed by atoms with E-state index in [1.807, 2.05) is 12.1 Å². The van der Waals surface area contributed by atoms with Crippen LogP contribution in [0.25, 0.3) is 0 Å². The maximum atomic E-state index is 13.7. The van der Waals surface area contributed by atoms with E-state index in [4.69, 9.17) is 4.74 Å². The Hall–Kier alpha value is -4.66. The van der Waals surface area contributed by atoms with Crippen molar-refractivity contribution in [3.8, 4) is 5.75 Å². The zero-order chi connectivity index (χ0) is 24.1. The SMILES string of the molecule is COc1ccc(C(=O)NC2=NN(c3ccccc3)C(=O)C2(NC(C)=O)Nc2ccccc2)cc1. The number of amides is 3. The third kappa shape index (κ3) is 4.44. The predicted octanol–water partition coefficient (Wildman–Crippen LogP) is 2.73. The fraction of sp³-hybridized carbons (Fsp3) is 0.120. The Bertz CT molecular complexity index is 1230. The molecule has 0 radical (unpaired) electrons. The number of methoxy groups -OCH3 is 1. The number of anilines is 2. The zero-order valence-corrected chi connectivity index (χ0v) is 18.6. The van der Waals surface area contributed by atoms with Gasteiger partial charge in [-0.1, -0.05) is 36.4 Å². The van der Waals surface area contributed by atoms with E-state index in [0.717, 1.165) is 5.01 Å². The van der Waals surface area contributed by atoms with Crippen molar-refractivity contribution < 1.29 is 19.1 Å². The average Bonchev–Trinajstić information content (AvgIpc) is 3.10. The van der Waals surface area contributed by atoms with E-state index in [2.05, 4.69) is 21.1 Å². The van der Waals surface area contributed by atoms with Gasteiger partial charge in [0, 0.05) is 18.2 Å². The highest BCUT2D eigenvalue weighted by molar-refractivity contribution is 6.28. The lowest BCUT2D eigenvalue weighted by atomic mass is 10.1. The number of ether oxygens (including phenoxy) is 1. The molecule has 1 heterocycles. The Morgan fingerprint density at radius 1 is 0.912 bits per heavy atom. The molecule has 0 saturated heterocycles. The normalized spacial score (nSPS) is 17.1. The number of benzene rings is 3. The van der Waals surface area contributed by atoms with Crippen LogP contribution >= 0.6 is 0 Å². The van der Waals surface area contributed by atoms with E-state index in [9.17, 15) is 14.4 Å². The van der Waals surface area contributed by atoms with Crippen molar-refractivity contribution in [1.29, 1.82) is 0 Å². The van der Waals surface area contributed by atoms with E-state index in [0.29, 0.717) is 22.7 Å². The van der Waals surface area contributed by atoms with E-state index in [-0.39, 0.29) is 5.84 Å². The summed E-state index contributed by atoms with van der Waals surface area (Å²) in [7, 11) is 1.53. The summed E-state index contributed by atoms with van der Waals surface area (Å²) in [6, 6.07) is 24.1. The maximum Gasteiger partial charge on any atom is 0.302 e. The monoisotopic (exact) mass is 457 g/mol. The van der Waals surface area contributed by atoms with Crippen LogP contribution in [0.15, 0.2) is 90.0 Å². The molecule has 9 heteroatoms. The fourth-order valence-corrected chi connectivity index (χ4v) is 3.52. The Balaban J connectivity index is 1.76. The highest BCUT2D eigenvalue weighted by Crippen LogP contribution is 2.28. The first-order valence-electron chi connectivity index (χ1n) is 10.5. The molecular formula is C25H23N5O4. The number of para-hydroxylation sites is 2. The third-order valence-corrected chi connectivity index (χ3v) is 5.12. The summed E-state index contributed by atoms with van der Waals surface area (Å²) in [6.07, 6.45) is 0. The number of rotatable bonds is 6. The van der Waals surface area contributed by atoms with Crippen LogP contribution in [0.3, 0.4) is 0 Å². The van der Waals surface area contributed by atoms with Gasteiger partial charge in [0.15, 0.2) is 5.84 Å². The standard InChI is InChI=1S/C25H23N5O4/c1-17(31)27-25(28-19-9-5-3-6-10-19)23(26-22(32)18-13-15-21(34-2)16-14-18)29-30(24(25)33)20-11-7-4-8-12-20/h3-16,28H,1-2H3,(H,27,31)(H,26,29,32). The van der Waals surface area contributed by atoms with E-state index >= 15 is 0 Å². The smallest absolute Gasteiger partial charge is 0.302 e. The van der Waals surface area contributed by atoms with Crippen LogP contribution in [0.1, 0.15) is 17.3 Å². The lowest BCUT2D eigenvalue weighted by Crippen LogP contribution is -2.67. The van der Waals surface area contributed by atoms with Crippen molar-refractivity contribution in [2.75, 3.05) is 17.4 Å². The number of hydrazone groups is 1. The third-order valence-electron chi connectivity index (χ3n) is 5.12. The summed E-state index contributed by atoms with van der Waals surface area (Å²) in [4.78, 5) is 39.1. The topological polar surface area (TPSA) is 112 Å². The molecule has 1 aliphatic heterocycles. The van der Waals surface area contributed by atoms with Crippen LogP contribution < -0.4 is 25.7 Å². The minimum atomic E-state index is -1.84. The van der Waals surface area contributed by atoms with Crippen molar-refractivity contribution >= 4 is 34.9 Å². The van der Waals surface area contributed by atoms with Crippen LogP contribution in [0.5, 0.6) is 5.75 Å². The van der Waals surface area contributed by atoms with Gasteiger partial charge in [-0.3, -0.25) is 14.4 Å². The molecule has 3 amide bonds. The summed E-state index contributed by atoms with van der Waals surface area (Å²) in [6.45, 7) is 1.29. The first kappa shape index (κ1) is 22.5. The van der Waals surface area contributed by atoms with Crippen molar-refractivity contribution in [3.63, 3.8) is 0 Å². The molecule has 1 atom stereocenters. The molecule has 0 saturated carbocycles. The number of nitrogens with one attached hydrogen (secondary N) is 3. The van der Waals surface area contributed by atoms with Gasteiger partial charge < -0.3 is 20.7 Å². The molecule has 9 nitrogen and oxygen atoms in total. The molecule has 3 aromatic rings. The Morgan fingerprint density at radius 3 is 2.12 bits per heavy atom. The van der Waals surface area contributed by atoms with Gasteiger partial charge in [0.05, 0.1) is 12.8 Å². The number of hydrogen-bond acceptors (Lipinski definition) is 6. The second-order valence-electron chi connectivity index (χ2n) is 7.51. The minimum Gasteiger partial charge on any atom is -0.497 e.